The van der Waals surface area contributed by atoms with Crippen molar-refractivity contribution in [3.05, 3.63) is 17.6 Å². The van der Waals surface area contributed by atoms with Crippen LogP contribution in [0.25, 0.3) is 0 Å². The third-order valence-electron chi connectivity index (χ3n) is 3.61. The molecule has 1 atom stereocenters. The molecule has 4 nitrogen and oxygen atoms in total. The molecule has 2 heterocycles. The van der Waals surface area contributed by atoms with Gasteiger partial charge in [-0.1, -0.05) is 20.8 Å². The Kier molecular flexibility index (Phi) is 4.40. The monoisotopic (exact) mass is 263 g/mol. The highest BCUT2D eigenvalue weighted by Gasteiger charge is 2.19. The maximum atomic E-state index is 5.30. The maximum Gasteiger partial charge on any atom is 0.216 e. The number of nitrogens with one attached hydrogen (secondary N) is 1. The fourth-order valence-electron chi connectivity index (χ4n) is 2.38. The van der Waals surface area contributed by atoms with E-state index in [2.05, 4.69) is 31.1 Å². The highest BCUT2D eigenvalue weighted by atomic mass is 16.5. The van der Waals surface area contributed by atoms with Crippen LogP contribution in [0.2, 0.25) is 0 Å². The minimum atomic E-state index is 0.0244. The number of hydrogen-bond acceptors (Lipinski definition) is 4. The van der Waals surface area contributed by atoms with Crippen LogP contribution < -0.4 is 10.1 Å². The first-order valence-corrected chi connectivity index (χ1v) is 7.15. The molecule has 0 saturated carbocycles. The lowest BCUT2D eigenvalue weighted by Gasteiger charge is -2.19. The third-order valence-corrected chi connectivity index (χ3v) is 3.61. The van der Waals surface area contributed by atoms with E-state index >= 15 is 0 Å². The molecule has 1 fully saturated rings. The first kappa shape index (κ1) is 14.3. The zero-order valence-corrected chi connectivity index (χ0v) is 12.5. The van der Waals surface area contributed by atoms with Crippen molar-refractivity contribution in [2.75, 3.05) is 13.7 Å². The largest absolute Gasteiger partial charge is 0.481 e. The predicted molar refractivity (Wildman–Crippen MR) is 76.6 cm³/mol. The molecular weight excluding hydrogens is 238 g/mol. The van der Waals surface area contributed by atoms with E-state index in [4.69, 9.17) is 9.72 Å². The van der Waals surface area contributed by atoms with Gasteiger partial charge in [-0.15, -0.1) is 0 Å². The van der Waals surface area contributed by atoms with Gasteiger partial charge in [0.1, 0.15) is 5.82 Å². The molecule has 0 bridgehead atoms. The lowest BCUT2D eigenvalue weighted by molar-refractivity contribution is 0.390. The van der Waals surface area contributed by atoms with Crippen LogP contribution >= 0.6 is 0 Å². The van der Waals surface area contributed by atoms with E-state index in [1.807, 2.05) is 6.07 Å². The number of rotatable bonds is 4. The molecule has 1 unspecified atom stereocenters. The van der Waals surface area contributed by atoms with Gasteiger partial charge in [-0.2, -0.15) is 4.98 Å². The number of aryl methyl sites for hydroxylation is 1. The van der Waals surface area contributed by atoms with Crippen LogP contribution in [-0.4, -0.2) is 29.7 Å². The fourth-order valence-corrected chi connectivity index (χ4v) is 2.38. The summed E-state index contributed by atoms with van der Waals surface area (Å²) in [6.07, 6.45) is 4.58. The van der Waals surface area contributed by atoms with Crippen LogP contribution in [-0.2, 0) is 11.8 Å². The Bertz CT molecular complexity index is 420. The molecule has 19 heavy (non-hydrogen) atoms. The van der Waals surface area contributed by atoms with E-state index in [1.54, 1.807) is 7.11 Å². The third kappa shape index (κ3) is 3.90. The number of methoxy groups -OCH3 is 1. The predicted octanol–water partition coefficient (Wildman–Crippen LogP) is 2.47. The minimum absolute atomic E-state index is 0.0244. The molecule has 4 heteroatoms. The Labute approximate surface area is 116 Å². The summed E-state index contributed by atoms with van der Waals surface area (Å²) in [7, 11) is 1.66. The van der Waals surface area contributed by atoms with Crippen molar-refractivity contribution in [3.8, 4) is 5.88 Å². The lowest BCUT2D eigenvalue weighted by Crippen LogP contribution is -2.22. The van der Waals surface area contributed by atoms with E-state index in [1.165, 1.54) is 12.8 Å². The summed E-state index contributed by atoms with van der Waals surface area (Å²) in [5, 5.41) is 3.51. The Hall–Kier alpha value is -1.16. The molecule has 1 saturated heterocycles. The summed E-state index contributed by atoms with van der Waals surface area (Å²) in [5.41, 5.74) is 1.07. The second-order valence-corrected chi connectivity index (χ2v) is 6.29. The van der Waals surface area contributed by atoms with Gasteiger partial charge in [-0.25, -0.2) is 4.98 Å². The molecular formula is C15H25N3O. The van der Waals surface area contributed by atoms with E-state index in [9.17, 15) is 0 Å². The summed E-state index contributed by atoms with van der Waals surface area (Å²) in [6.45, 7) is 7.64. The second kappa shape index (κ2) is 5.87. The normalized spacial score (nSPS) is 19.7. The molecule has 0 amide bonds. The van der Waals surface area contributed by atoms with Crippen LogP contribution in [0.4, 0.5) is 0 Å². The molecule has 0 radical (unpaired) electrons. The van der Waals surface area contributed by atoms with E-state index in [-0.39, 0.29) is 5.41 Å². The molecule has 1 aromatic heterocycles. The number of aromatic nitrogens is 2. The average Bonchev–Trinajstić information content (AvgIpc) is 2.88. The van der Waals surface area contributed by atoms with Gasteiger partial charge in [0.05, 0.1) is 12.8 Å². The average molecular weight is 263 g/mol. The van der Waals surface area contributed by atoms with Crippen molar-refractivity contribution in [1.82, 2.24) is 15.3 Å². The SMILES string of the molecule is COc1cc(C(C)(C)C)nc(CCC2CCCN2)n1. The number of hydrogen-bond donors (Lipinski definition) is 1. The lowest BCUT2D eigenvalue weighted by atomic mass is 9.92. The van der Waals surface area contributed by atoms with Crippen molar-refractivity contribution in [1.29, 1.82) is 0 Å². The van der Waals surface area contributed by atoms with Gasteiger partial charge in [0.2, 0.25) is 5.88 Å². The highest BCUT2D eigenvalue weighted by molar-refractivity contribution is 5.22. The Morgan fingerprint density at radius 1 is 1.37 bits per heavy atom. The number of nitrogens with zero attached hydrogens (tertiary/aromatic N) is 2. The summed E-state index contributed by atoms with van der Waals surface area (Å²) in [5.74, 6) is 1.58. The van der Waals surface area contributed by atoms with Gasteiger partial charge in [-0.05, 0) is 25.8 Å². The fraction of sp³-hybridized carbons (Fsp3) is 0.733. The Morgan fingerprint density at radius 3 is 2.74 bits per heavy atom. The molecule has 106 valence electrons. The molecule has 1 aliphatic heterocycles. The topological polar surface area (TPSA) is 47.0 Å². The van der Waals surface area contributed by atoms with E-state index in [0.717, 1.165) is 30.9 Å². The zero-order valence-electron chi connectivity index (χ0n) is 12.5. The maximum absolute atomic E-state index is 5.30. The molecule has 0 spiro atoms. The van der Waals surface area contributed by atoms with Gasteiger partial charge in [-0.3, -0.25) is 0 Å². The Morgan fingerprint density at radius 2 is 2.16 bits per heavy atom. The molecule has 2 rings (SSSR count). The molecule has 0 aliphatic carbocycles. The first-order valence-electron chi connectivity index (χ1n) is 7.15. The minimum Gasteiger partial charge on any atom is -0.481 e. The summed E-state index contributed by atoms with van der Waals surface area (Å²) < 4.78 is 5.30. The number of ether oxygens (including phenoxy) is 1. The molecule has 1 aromatic rings. The van der Waals surface area contributed by atoms with Crippen LogP contribution in [0, 0.1) is 0 Å². The van der Waals surface area contributed by atoms with Crippen molar-refractivity contribution >= 4 is 0 Å². The molecule has 0 aromatic carbocycles. The van der Waals surface area contributed by atoms with Gasteiger partial charge >= 0.3 is 0 Å². The summed E-state index contributed by atoms with van der Waals surface area (Å²) >= 11 is 0. The van der Waals surface area contributed by atoms with Crippen molar-refractivity contribution in [3.63, 3.8) is 0 Å². The standard InChI is InChI=1S/C15H25N3O/c1-15(2,3)12-10-14(19-4)18-13(17-12)8-7-11-6-5-9-16-11/h10-11,16H,5-9H2,1-4H3. The second-order valence-electron chi connectivity index (χ2n) is 6.29. The smallest absolute Gasteiger partial charge is 0.216 e. The van der Waals surface area contributed by atoms with Crippen LogP contribution in [0.5, 0.6) is 5.88 Å². The van der Waals surface area contributed by atoms with Gasteiger partial charge < -0.3 is 10.1 Å². The summed E-state index contributed by atoms with van der Waals surface area (Å²) in [6, 6.07) is 2.57. The van der Waals surface area contributed by atoms with Crippen LogP contribution in [0.1, 0.15) is 51.6 Å². The van der Waals surface area contributed by atoms with Gasteiger partial charge in [0, 0.05) is 23.9 Å². The van der Waals surface area contributed by atoms with Gasteiger partial charge in [0.25, 0.3) is 0 Å². The van der Waals surface area contributed by atoms with Crippen LogP contribution in [0.15, 0.2) is 6.07 Å². The highest BCUT2D eigenvalue weighted by Crippen LogP contribution is 2.23. The van der Waals surface area contributed by atoms with E-state index < -0.39 is 0 Å². The Balaban J connectivity index is 2.10. The van der Waals surface area contributed by atoms with Crippen LogP contribution in [0.3, 0.4) is 0 Å². The van der Waals surface area contributed by atoms with Crippen molar-refractivity contribution in [2.24, 2.45) is 0 Å². The molecule has 1 aliphatic rings. The first-order chi connectivity index (χ1) is 8.99. The van der Waals surface area contributed by atoms with E-state index in [0.29, 0.717) is 11.9 Å². The zero-order chi connectivity index (χ0) is 13.9. The van der Waals surface area contributed by atoms with Crippen molar-refractivity contribution < 1.29 is 4.74 Å². The quantitative estimate of drug-likeness (QED) is 0.906. The summed E-state index contributed by atoms with van der Waals surface area (Å²) in [4.78, 5) is 9.16. The molecule has 1 N–H and O–H groups in total. The van der Waals surface area contributed by atoms with Gasteiger partial charge in [0.15, 0.2) is 0 Å². The van der Waals surface area contributed by atoms with Crippen molar-refractivity contribution in [2.45, 2.75) is 57.9 Å².